The number of fused-ring (bicyclic) bond motifs is 9. The Morgan fingerprint density at radius 2 is 0.843 bits per heavy atom. The van der Waals surface area contributed by atoms with Gasteiger partial charge in [0, 0.05) is 49.3 Å². The van der Waals surface area contributed by atoms with E-state index in [0.29, 0.717) is 5.69 Å². The van der Waals surface area contributed by atoms with E-state index >= 15 is 0 Å². The van der Waals surface area contributed by atoms with Crippen molar-refractivity contribution < 1.29 is 11.0 Å². The van der Waals surface area contributed by atoms with Crippen LogP contribution in [0.2, 0.25) is 0 Å². The fourth-order valence-corrected chi connectivity index (χ4v) is 7.96. The molecule has 0 N–H and O–H groups in total. The Kier molecular flexibility index (Phi) is 4.52. The lowest BCUT2D eigenvalue weighted by atomic mass is 10.0. The topological polar surface area (TPSA) is 14.8 Å². The highest BCUT2D eigenvalue weighted by atomic mass is 15.0. The van der Waals surface area contributed by atoms with Gasteiger partial charge in [0.15, 0.2) is 0 Å². The van der Waals surface area contributed by atoms with Gasteiger partial charge in [0.1, 0.15) is 0 Å². The summed E-state index contributed by atoms with van der Waals surface area (Å²) < 4.78 is 75.8. The molecule has 0 saturated carbocycles. The molecule has 8 aromatic carbocycles. The van der Waals surface area contributed by atoms with Crippen molar-refractivity contribution >= 4 is 65.4 Å². The Morgan fingerprint density at radius 1 is 0.333 bits per heavy atom. The molecule has 0 amide bonds. The van der Waals surface area contributed by atoms with Crippen LogP contribution in [0.4, 0.5) is 0 Å². The highest BCUT2D eigenvalue weighted by Gasteiger charge is 2.18. The summed E-state index contributed by atoms with van der Waals surface area (Å²) in [5.41, 5.74) is 8.92. The predicted octanol–water partition coefficient (Wildman–Crippen LogP) is 12.6. The van der Waals surface area contributed by atoms with Gasteiger partial charge < -0.3 is 13.7 Å². The Bertz CT molecular complexity index is 3480. The van der Waals surface area contributed by atoms with Crippen molar-refractivity contribution in [1.82, 2.24) is 13.7 Å². The van der Waals surface area contributed by atoms with Crippen molar-refractivity contribution in [2.45, 2.75) is 0 Å². The number of para-hydroxylation sites is 6. The first-order valence-electron chi connectivity index (χ1n) is 20.9. The van der Waals surface area contributed by atoms with Gasteiger partial charge in [-0.15, -0.1) is 0 Å². The predicted molar refractivity (Wildman–Crippen MR) is 215 cm³/mol. The first-order valence-corrected chi connectivity index (χ1v) is 16.9. The van der Waals surface area contributed by atoms with Crippen LogP contribution in [-0.4, -0.2) is 13.7 Å². The molecule has 11 rings (SSSR count). The van der Waals surface area contributed by atoms with Gasteiger partial charge in [0.25, 0.3) is 0 Å². The maximum absolute atomic E-state index is 9.00. The van der Waals surface area contributed by atoms with Crippen LogP contribution < -0.4 is 0 Å². The van der Waals surface area contributed by atoms with Crippen LogP contribution in [0.1, 0.15) is 11.0 Å². The minimum absolute atomic E-state index is 0.0542. The molecule has 0 radical (unpaired) electrons. The van der Waals surface area contributed by atoms with E-state index in [1.807, 2.05) is 36.4 Å². The molecule has 3 heterocycles. The van der Waals surface area contributed by atoms with Gasteiger partial charge in [-0.3, -0.25) is 0 Å². The van der Waals surface area contributed by atoms with Gasteiger partial charge in [0.05, 0.1) is 49.8 Å². The molecule has 0 spiro atoms. The van der Waals surface area contributed by atoms with E-state index in [-0.39, 0.29) is 46.0 Å². The average molecular weight is 658 g/mol. The fourth-order valence-electron chi connectivity index (χ4n) is 7.96. The molecule has 3 nitrogen and oxygen atoms in total. The van der Waals surface area contributed by atoms with E-state index in [1.165, 1.54) is 10.8 Å². The molecule has 0 aliphatic heterocycles. The molecule has 0 fully saturated rings. The third-order valence-corrected chi connectivity index (χ3v) is 10.1. The maximum Gasteiger partial charge on any atom is 0.0645 e. The summed E-state index contributed by atoms with van der Waals surface area (Å²) in [5, 5.41) is 4.31. The van der Waals surface area contributed by atoms with Crippen LogP contribution in [0.5, 0.6) is 0 Å². The third kappa shape index (κ3) is 4.06. The highest BCUT2D eigenvalue weighted by Crippen LogP contribution is 2.39. The van der Waals surface area contributed by atoms with Crippen molar-refractivity contribution in [3.63, 3.8) is 0 Å². The summed E-state index contributed by atoms with van der Waals surface area (Å²) >= 11 is 0. The molecule has 51 heavy (non-hydrogen) atoms. The third-order valence-electron chi connectivity index (χ3n) is 10.1. The Morgan fingerprint density at radius 3 is 1.53 bits per heavy atom. The molecule has 3 heteroatoms. The Balaban J connectivity index is 1.15. The first kappa shape index (κ1) is 21.3. The monoisotopic (exact) mass is 657 g/mol. The summed E-state index contributed by atoms with van der Waals surface area (Å²) in [4.78, 5) is 0. The van der Waals surface area contributed by atoms with Crippen molar-refractivity contribution in [2.24, 2.45) is 0 Å². The number of benzene rings is 8. The number of rotatable bonds is 4. The smallest absolute Gasteiger partial charge is 0.0645 e. The summed E-state index contributed by atoms with van der Waals surface area (Å²) in [6, 6.07) is 44.6. The second kappa shape index (κ2) is 10.8. The number of aromatic nitrogens is 3. The van der Waals surface area contributed by atoms with Gasteiger partial charge in [0.2, 0.25) is 0 Å². The molecular weight excluding hydrogens is 619 g/mol. The summed E-state index contributed by atoms with van der Waals surface area (Å²) in [6.07, 6.45) is 0. The molecule has 0 atom stereocenters. The van der Waals surface area contributed by atoms with Crippen LogP contribution in [0.3, 0.4) is 0 Å². The van der Waals surface area contributed by atoms with Crippen LogP contribution in [0.25, 0.3) is 93.6 Å². The van der Waals surface area contributed by atoms with Crippen LogP contribution in [0.15, 0.2) is 188 Å². The van der Waals surface area contributed by atoms with Gasteiger partial charge in [-0.1, -0.05) is 121 Å². The zero-order chi connectivity index (χ0) is 40.4. The minimum Gasteiger partial charge on any atom is -0.309 e. The highest BCUT2D eigenvalue weighted by molar-refractivity contribution is 6.13. The lowest BCUT2D eigenvalue weighted by Crippen LogP contribution is -1.98. The molecule has 238 valence electrons. The molecular formula is C48H31N3. The van der Waals surface area contributed by atoms with Gasteiger partial charge in [-0.2, -0.15) is 0 Å². The van der Waals surface area contributed by atoms with E-state index in [9.17, 15) is 0 Å². The molecule has 0 saturated heterocycles. The minimum atomic E-state index is -0.465. The van der Waals surface area contributed by atoms with E-state index in [0.717, 1.165) is 55.3 Å². The lowest BCUT2D eigenvalue weighted by Gasteiger charge is -2.15. The molecule has 3 aromatic heterocycles. The SMILES string of the molecule is [2H]c1c([2H])c([2H])c2c(c1[2H])c1c([2H])c([2H])c([2H])c([2H])c1n2-c1ccc2c(c1)c1ccccc1n2-c1cccc(-c2ccccc2-n2c3ccccc3c3ccccc32)c1. The van der Waals surface area contributed by atoms with Crippen molar-refractivity contribution in [1.29, 1.82) is 0 Å². The summed E-state index contributed by atoms with van der Waals surface area (Å²) in [7, 11) is 0. The second-order valence-corrected chi connectivity index (χ2v) is 12.8. The first-order chi connectivity index (χ1) is 28.7. The lowest BCUT2D eigenvalue weighted by molar-refractivity contribution is 1.16. The average Bonchev–Trinajstić information content (AvgIpc) is 3.92. The standard InChI is InChI=1S/C48H31N3/c1-7-22-42(51-46-26-11-4-19-38(46)39-20-5-12-27-47(39)51)35(16-1)32-14-13-15-33(30-32)49-45-25-10-6-21-40(45)41-31-34(28-29-48(41)49)50-43-23-8-2-17-36(43)37-18-3-9-24-44(37)50/h1-31H/i2D,3D,8D,9D,17D,18D,23D,24D. The molecule has 0 aliphatic rings. The van der Waals surface area contributed by atoms with Crippen molar-refractivity contribution in [2.75, 3.05) is 0 Å². The van der Waals surface area contributed by atoms with E-state index in [2.05, 4.69) is 112 Å². The summed E-state index contributed by atoms with van der Waals surface area (Å²) in [5.74, 6) is 0. The molecule has 0 aliphatic carbocycles. The second-order valence-electron chi connectivity index (χ2n) is 12.8. The number of nitrogens with zero attached hydrogens (tertiary/aromatic N) is 3. The Labute approximate surface area is 305 Å². The van der Waals surface area contributed by atoms with Gasteiger partial charge >= 0.3 is 0 Å². The van der Waals surface area contributed by atoms with Crippen LogP contribution in [-0.2, 0) is 0 Å². The maximum atomic E-state index is 9.00. The summed E-state index contributed by atoms with van der Waals surface area (Å²) in [6.45, 7) is 0. The van der Waals surface area contributed by atoms with E-state index in [1.54, 1.807) is 4.57 Å². The zero-order valence-electron chi connectivity index (χ0n) is 35.1. The normalized spacial score (nSPS) is 14.1. The largest absolute Gasteiger partial charge is 0.309 e. The number of hydrogen-bond acceptors (Lipinski definition) is 0. The fraction of sp³-hybridized carbons (Fsp3) is 0. The molecule has 11 aromatic rings. The van der Waals surface area contributed by atoms with Gasteiger partial charge in [-0.05, 0) is 72.2 Å². The van der Waals surface area contributed by atoms with E-state index < -0.39 is 24.2 Å². The van der Waals surface area contributed by atoms with Crippen molar-refractivity contribution in [3.8, 4) is 28.2 Å². The van der Waals surface area contributed by atoms with Gasteiger partial charge in [-0.25, -0.2) is 0 Å². The van der Waals surface area contributed by atoms with Crippen molar-refractivity contribution in [3.05, 3.63) is 188 Å². The van der Waals surface area contributed by atoms with E-state index in [4.69, 9.17) is 11.0 Å². The quantitative estimate of drug-likeness (QED) is 0.179. The van der Waals surface area contributed by atoms with Crippen LogP contribution in [0, 0.1) is 0 Å². The molecule has 0 unspecified atom stereocenters. The molecule has 0 bridgehead atoms. The van der Waals surface area contributed by atoms with Crippen LogP contribution >= 0.6 is 0 Å². The Hall–Kier alpha value is -6.84. The number of hydrogen-bond donors (Lipinski definition) is 0. The zero-order valence-corrected chi connectivity index (χ0v) is 27.1.